The molecule has 2 fully saturated rings. The summed E-state index contributed by atoms with van der Waals surface area (Å²) in [6.07, 6.45) is 5.39. The van der Waals surface area contributed by atoms with Crippen molar-refractivity contribution in [1.82, 2.24) is 10.6 Å². The molecular weight excluding hydrogens is 254 g/mol. The standard InChI is InChI=1S/C12H19N3O2.ClH/c16-11(14-7-9-2-1-3-9)10-6-12(17-15-10)4-5-13-8-12;/h9,13H,1-8H2,(H,14,16);1H. The van der Waals surface area contributed by atoms with Crippen molar-refractivity contribution in [3.8, 4) is 0 Å². The number of hydrogen-bond donors (Lipinski definition) is 2. The summed E-state index contributed by atoms with van der Waals surface area (Å²) in [6.45, 7) is 2.55. The molecule has 1 saturated carbocycles. The minimum atomic E-state index is -0.233. The van der Waals surface area contributed by atoms with Gasteiger partial charge in [0.1, 0.15) is 5.71 Å². The molecule has 5 nitrogen and oxygen atoms in total. The number of carbonyl (C=O) groups excluding carboxylic acids is 1. The molecule has 0 aromatic carbocycles. The number of oxime groups is 1. The van der Waals surface area contributed by atoms with Crippen LogP contribution >= 0.6 is 12.4 Å². The first-order valence-corrected chi connectivity index (χ1v) is 6.51. The Bertz CT molecular complexity index is 349. The van der Waals surface area contributed by atoms with E-state index in [9.17, 15) is 4.79 Å². The normalized spacial score (nSPS) is 30.3. The van der Waals surface area contributed by atoms with Gasteiger partial charge in [-0.25, -0.2) is 0 Å². The van der Waals surface area contributed by atoms with Crippen LogP contribution in [0.4, 0.5) is 0 Å². The lowest BCUT2D eigenvalue weighted by Crippen LogP contribution is -2.38. The second kappa shape index (κ2) is 5.45. The van der Waals surface area contributed by atoms with Crippen LogP contribution in [0.3, 0.4) is 0 Å². The van der Waals surface area contributed by atoms with Gasteiger partial charge in [-0.15, -0.1) is 12.4 Å². The zero-order valence-corrected chi connectivity index (χ0v) is 11.2. The first-order chi connectivity index (χ1) is 8.27. The van der Waals surface area contributed by atoms with E-state index in [0.717, 1.165) is 26.1 Å². The van der Waals surface area contributed by atoms with Gasteiger partial charge < -0.3 is 15.5 Å². The smallest absolute Gasteiger partial charge is 0.269 e. The van der Waals surface area contributed by atoms with Gasteiger partial charge in [0.25, 0.3) is 5.91 Å². The van der Waals surface area contributed by atoms with Crippen LogP contribution in [-0.4, -0.2) is 36.9 Å². The predicted molar refractivity (Wildman–Crippen MR) is 71.0 cm³/mol. The first kappa shape index (κ1) is 13.6. The van der Waals surface area contributed by atoms with E-state index in [1.165, 1.54) is 19.3 Å². The second-order valence-corrected chi connectivity index (χ2v) is 5.42. The largest absolute Gasteiger partial charge is 0.387 e. The Hall–Kier alpha value is -0.810. The topological polar surface area (TPSA) is 62.7 Å². The van der Waals surface area contributed by atoms with E-state index >= 15 is 0 Å². The number of nitrogens with zero attached hydrogens (tertiary/aromatic N) is 1. The molecule has 18 heavy (non-hydrogen) atoms. The summed E-state index contributed by atoms with van der Waals surface area (Å²) in [7, 11) is 0. The average Bonchev–Trinajstić information content (AvgIpc) is 2.87. The lowest BCUT2D eigenvalue weighted by molar-refractivity contribution is -0.115. The molecule has 1 saturated heterocycles. The first-order valence-electron chi connectivity index (χ1n) is 6.51. The van der Waals surface area contributed by atoms with E-state index in [-0.39, 0.29) is 23.9 Å². The lowest BCUT2D eigenvalue weighted by Gasteiger charge is -2.25. The van der Waals surface area contributed by atoms with Gasteiger partial charge >= 0.3 is 0 Å². The van der Waals surface area contributed by atoms with Gasteiger partial charge in [0.15, 0.2) is 5.60 Å². The average molecular weight is 274 g/mol. The van der Waals surface area contributed by atoms with Gasteiger partial charge in [-0.1, -0.05) is 11.6 Å². The number of hydrogen-bond acceptors (Lipinski definition) is 4. The maximum absolute atomic E-state index is 11.9. The van der Waals surface area contributed by atoms with Gasteiger partial charge in [-0.2, -0.15) is 0 Å². The number of halogens is 1. The fraction of sp³-hybridized carbons (Fsp3) is 0.833. The molecular formula is C12H20ClN3O2. The van der Waals surface area contributed by atoms with Gasteiger partial charge in [-0.05, 0) is 25.3 Å². The summed E-state index contributed by atoms with van der Waals surface area (Å²) < 4.78 is 0. The molecule has 0 aromatic heterocycles. The monoisotopic (exact) mass is 273 g/mol. The van der Waals surface area contributed by atoms with Crippen molar-refractivity contribution < 1.29 is 9.63 Å². The number of nitrogens with one attached hydrogen (secondary N) is 2. The van der Waals surface area contributed by atoms with Crippen LogP contribution in [0.15, 0.2) is 5.16 Å². The van der Waals surface area contributed by atoms with Gasteiger partial charge in [0.05, 0.1) is 0 Å². The van der Waals surface area contributed by atoms with E-state index < -0.39 is 0 Å². The second-order valence-electron chi connectivity index (χ2n) is 5.42. The lowest BCUT2D eigenvalue weighted by atomic mass is 9.85. The molecule has 6 heteroatoms. The third-order valence-corrected chi connectivity index (χ3v) is 4.08. The van der Waals surface area contributed by atoms with Gasteiger partial charge in [-0.3, -0.25) is 4.79 Å². The maximum Gasteiger partial charge on any atom is 0.269 e. The van der Waals surface area contributed by atoms with Crippen LogP contribution in [0.25, 0.3) is 0 Å². The Balaban J connectivity index is 0.00000120. The number of carbonyl (C=O) groups is 1. The molecule has 3 aliphatic rings. The summed E-state index contributed by atoms with van der Waals surface area (Å²) in [4.78, 5) is 17.3. The Morgan fingerprint density at radius 2 is 2.39 bits per heavy atom. The Morgan fingerprint density at radius 3 is 3.00 bits per heavy atom. The Morgan fingerprint density at radius 1 is 1.56 bits per heavy atom. The highest BCUT2D eigenvalue weighted by Gasteiger charge is 2.43. The van der Waals surface area contributed by atoms with Crippen LogP contribution in [0, 0.1) is 5.92 Å². The molecule has 2 aliphatic heterocycles. The van der Waals surface area contributed by atoms with E-state index in [1.54, 1.807) is 0 Å². The van der Waals surface area contributed by atoms with Gasteiger partial charge in [0, 0.05) is 25.9 Å². The summed E-state index contributed by atoms with van der Waals surface area (Å²) in [5.74, 6) is 0.643. The fourth-order valence-corrected chi connectivity index (χ4v) is 2.63. The minimum Gasteiger partial charge on any atom is -0.387 e. The van der Waals surface area contributed by atoms with Crippen LogP contribution in [0.1, 0.15) is 32.1 Å². The molecule has 1 unspecified atom stereocenters. The van der Waals surface area contributed by atoms with E-state index in [2.05, 4.69) is 15.8 Å². The number of amides is 1. The SMILES string of the molecule is Cl.O=C(NCC1CCC1)C1=NOC2(CCNC2)C1. The van der Waals surface area contributed by atoms with Crippen molar-refractivity contribution in [2.24, 2.45) is 11.1 Å². The highest BCUT2D eigenvalue weighted by Crippen LogP contribution is 2.30. The summed E-state index contributed by atoms with van der Waals surface area (Å²) in [5.41, 5.74) is 0.330. The Kier molecular flexibility index (Phi) is 4.12. The highest BCUT2D eigenvalue weighted by atomic mass is 35.5. The van der Waals surface area contributed by atoms with Crippen molar-refractivity contribution in [1.29, 1.82) is 0 Å². The molecule has 102 valence electrons. The molecule has 1 atom stereocenters. The van der Waals surface area contributed by atoms with E-state index in [0.29, 0.717) is 18.1 Å². The third-order valence-electron chi connectivity index (χ3n) is 4.08. The van der Waals surface area contributed by atoms with Gasteiger partial charge in [0.2, 0.25) is 0 Å². The van der Waals surface area contributed by atoms with Crippen LogP contribution in [0.5, 0.6) is 0 Å². The molecule has 1 spiro atoms. The van der Waals surface area contributed by atoms with Crippen molar-refractivity contribution in [2.45, 2.75) is 37.7 Å². The minimum absolute atomic E-state index is 0. The molecule has 0 radical (unpaired) electrons. The molecule has 2 N–H and O–H groups in total. The van der Waals surface area contributed by atoms with E-state index in [1.807, 2.05) is 0 Å². The summed E-state index contributed by atoms with van der Waals surface area (Å²) >= 11 is 0. The molecule has 0 aromatic rings. The Labute approximate surface area is 113 Å². The maximum atomic E-state index is 11.9. The molecule has 3 rings (SSSR count). The van der Waals surface area contributed by atoms with E-state index in [4.69, 9.17) is 4.84 Å². The zero-order valence-electron chi connectivity index (χ0n) is 10.4. The quantitative estimate of drug-likeness (QED) is 0.801. The molecule has 1 aliphatic carbocycles. The summed E-state index contributed by atoms with van der Waals surface area (Å²) in [6, 6.07) is 0. The zero-order chi connectivity index (χ0) is 11.7. The fourth-order valence-electron chi connectivity index (χ4n) is 2.63. The van der Waals surface area contributed by atoms with Crippen molar-refractivity contribution in [3.63, 3.8) is 0 Å². The molecule has 0 bridgehead atoms. The van der Waals surface area contributed by atoms with Crippen molar-refractivity contribution in [3.05, 3.63) is 0 Å². The molecule has 2 heterocycles. The van der Waals surface area contributed by atoms with Crippen molar-refractivity contribution in [2.75, 3.05) is 19.6 Å². The predicted octanol–water partition coefficient (Wildman–Crippen LogP) is 0.833. The number of rotatable bonds is 3. The van der Waals surface area contributed by atoms with Crippen molar-refractivity contribution >= 4 is 24.0 Å². The highest BCUT2D eigenvalue weighted by molar-refractivity contribution is 6.39. The molecule has 1 amide bonds. The van der Waals surface area contributed by atoms with Crippen LogP contribution < -0.4 is 10.6 Å². The summed E-state index contributed by atoms with van der Waals surface area (Å²) in [5, 5.41) is 10.2. The van der Waals surface area contributed by atoms with Crippen LogP contribution in [0.2, 0.25) is 0 Å². The van der Waals surface area contributed by atoms with Crippen LogP contribution in [-0.2, 0) is 9.63 Å². The third kappa shape index (κ3) is 2.62.